The summed E-state index contributed by atoms with van der Waals surface area (Å²) >= 11 is 0. The highest BCUT2D eigenvalue weighted by Crippen LogP contribution is 2.20. The molecule has 17 heavy (non-hydrogen) atoms. The molecule has 3 heteroatoms. The second-order valence-electron chi connectivity index (χ2n) is 4.62. The molecule has 1 aliphatic rings. The van der Waals surface area contributed by atoms with Gasteiger partial charge in [0.25, 0.3) is 5.91 Å². The van der Waals surface area contributed by atoms with E-state index in [1.807, 2.05) is 6.08 Å². The number of amides is 2. The van der Waals surface area contributed by atoms with Crippen LogP contribution in [0.25, 0.3) is 0 Å². The first-order valence-electron chi connectivity index (χ1n) is 6.23. The van der Waals surface area contributed by atoms with Crippen molar-refractivity contribution < 1.29 is 9.59 Å². The van der Waals surface area contributed by atoms with Crippen molar-refractivity contribution in [3.8, 4) is 0 Å². The van der Waals surface area contributed by atoms with Crippen LogP contribution in [0.1, 0.15) is 46.0 Å². The molecule has 3 nitrogen and oxygen atoms in total. The van der Waals surface area contributed by atoms with Gasteiger partial charge in [-0.15, -0.1) is 0 Å². The summed E-state index contributed by atoms with van der Waals surface area (Å²) in [5.41, 5.74) is 1.80. The van der Waals surface area contributed by atoms with Gasteiger partial charge in [-0.3, -0.25) is 14.9 Å². The highest BCUT2D eigenvalue weighted by molar-refractivity contribution is 6.04. The van der Waals surface area contributed by atoms with Crippen LogP contribution in [0.2, 0.25) is 0 Å². The smallest absolute Gasteiger partial charge is 0.253 e. The maximum atomic E-state index is 11.8. The van der Waals surface area contributed by atoms with Crippen molar-refractivity contribution in [2.24, 2.45) is 5.92 Å². The Morgan fingerprint density at radius 2 is 2.24 bits per heavy atom. The van der Waals surface area contributed by atoms with Crippen LogP contribution >= 0.6 is 0 Å². The quantitative estimate of drug-likeness (QED) is 0.601. The summed E-state index contributed by atoms with van der Waals surface area (Å²) in [6, 6.07) is 0. The lowest BCUT2D eigenvalue weighted by molar-refractivity contribution is -0.131. The molecule has 1 N–H and O–H groups in total. The molecule has 2 amide bonds. The first-order chi connectivity index (χ1) is 8.04. The molecular weight excluding hydrogens is 214 g/mol. The van der Waals surface area contributed by atoms with Crippen molar-refractivity contribution in [3.63, 3.8) is 0 Å². The van der Waals surface area contributed by atoms with Gasteiger partial charge in [-0.2, -0.15) is 0 Å². The second-order valence-corrected chi connectivity index (χ2v) is 4.62. The van der Waals surface area contributed by atoms with E-state index >= 15 is 0 Å². The zero-order valence-corrected chi connectivity index (χ0v) is 10.7. The second kappa shape index (κ2) is 6.38. The number of imide groups is 1. The summed E-state index contributed by atoms with van der Waals surface area (Å²) < 4.78 is 0. The van der Waals surface area contributed by atoms with Crippen LogP contribution in [0.3, 0.4) is 0 Å². The van der Waals surface area contributed by atoms with E-state index in [1.165, 1.54) is 0 Å². The molecule has 94 valence electrons. The number of hydrogen-bond acceptors (Lipinski definition) is 2. The monoisotopic (exact) mass is 235 g/mol. The Hall–Kier alpha value is -1.38. The van der Waals surface area contributed by atoms with Gasteiger partial charge in [-0.25, -0.2) is 0 Å². The largest absolute Gasteiger partial charge is 0.292 e. The SMILES string of the molecule is C=C(CC)CCC1CCC=C(C)C(=O)NC1=O. The topological polar surface area (TPSA) is 46.2 Å². The molecule has 1 heterocycles. The van der Waals surface area contributed by atoms with Crippen molar-refractivity contribution in [2.45, 2.75) is 46.0 Å². The number of carbonyl (C=O) groups is 2. The summed E-state index contributed by atoms with van der Waals surface area (Å²) in [5, 5.41) is 2.45. The number of hydrogen-bond donors (Lipinski definition) is 1. The van der Waals surface area contributed by atoms with Crippen LogP contribution in [0, 0.1) is 5.92 Å². The highest BCUT2D eigenvalue weighted by Gasteiger charge is 2.22. The van der Waals surface area contributed by atoms with E-state index in [4.69, 9.17) is 0 Å². The van der Waals surface area contributed by atoms with Gasteiger partial charge in [0.15, 0.2) is 0 Å². The minimum Gasteiger partial charge on any atom is -0.292 e. The average molecular weight is 235 g/mol. The molecule has 1 atom stereocenters. The Morgan fingerprint density at radius 1 is 1.53 bits per heavy atom. The Balaban J connectivity index is 2.58. The van der Waals surface area contributed by atoms with Crippen LogP contribution in [0.5, 0.6) is 0 Å². The zero-order chi connectivity index (χ0) is 12.8. The summed E-state index contributed by atoms with van der Waals surface area (Å²) in [7, 11) is 0. The lowest BCUT2D eigenvalue weighted by Crippen LogP contribution is -2.37. The number of rotatable bonds is 4. The molecule has 0 fully saturated rings. The molecule has 1 aliphatic heterocycles. The highest BCUT2D eigenvalue weighted by atomic mass is 16.2. The Morgan fingerprint density at radius 3 is 2.88 bits per heavy atom. The predicted octanol–water partition coefficient (Wildman–Crippen LogP) is 2.73. The van der Waals surface area contributed by atoms with E-state index in [1.54, 1.807) is 6.92 Å². The van der Waals surface area contributed by atoms with E-state index in [2.05, 4.69) is 18.8 Å². The summed E-state index contributed by atoms with van der Waals surface area (Å²) in [4.78, 5) is 23.3. The van der Waals surface area contributed by atoms with E-state index in [9.17, 15) is 9.59 Å². The number of carbonyl (C=O) groups excluding carboxylic acids is 2. The molecule has 0 aromatic carbocycles. The molecule has 0 aromatic heterocycles. The fourth-order valence-corrected chi connectivity index (χ4v) is 1.87. The van der Waals surface area contributed by atoms with E-state index in [-0.39, 0.29) is 17.7 Å². The van der Waals surface area contributed by atoms with Crippen molar-refractivity contribution in [1.82, 2.24) is 5.32 Å². The minimum absolute atomic E-state index is 0.0633. The van der Waals surface area contributed by atoms with Crippen molar-refractivity contribution >= 4 is 11.8 Å². The first kappa shape index (κ1) is 13.7. The van der Waals surface area contributed by atoms with E-state index in [0.29, 0.717) is 5.57 Å². The Labute approximate surface area is 103 Å². The van der Waals surface area contributed by atoms with Crippen LogP contribution in [0.15, 0.2) is 23.8 Å². The van der Waals surface area contributed by atoms with Gasteiger partial charge >= 0.3 is 0 Å². The lowest BCUT2D eigenvalue weighted by Gasteiger charge is -2.18. The van der Waals surface area contributed by atoms with Gasteiger partial charge in [0.1, 0.15) is 0 Å². The van der Waals surface area contributed by atoms with Gasteiger partial charge in [0, 0.05) is 11.5 Å². The van der Waals surface area contributed by atoms with Crippen molar-refractivity contribution in [3.05, 3.63) is 23.8 Å². The predicted molar refractivity (Wildman–Crippen MR) is 68.3 cm³/mol. The summed E-state index contributed by atoms with van der Waals surface area (Å²) in [6.07, 6.45) is 6.13. The van der Waals surface area contributed by atoms with E-state index in [0.717, 1.165) is 37.7 Å². The third kappa shape index (κ3) is 4.17. The molecule has 1 rings (SSSR count). The Kier molecular flexibility index (Phi) is 5.13. The zero-order valence-electron chi connectivity index (χ0n) is 10.7. The van der Waals surface area contributed by atoms with Gasteiger partial charge in [-0.1, -0.05) is 25.2 Å². The number of nitrogens with one attached hydrogen (secondary N) is 1. The van der Waals surface area contributed by atoms with Crippen molar-refractivity contribution in [1.29, 1.82) is 0 Å². The molecule has 0 saturated heterocycles. The Bertz CT molecular complexity index is 355. The number of allylic oxidation sites excluding steroid dienone is 2. The lowest BCUT2D eigenvalue weighted by atomic mass is 9.92. The molecule has 0 saturated carbocycles. The third-order valence-corrected chi connectivity index (χ3v) is 3.28. The van der Waals surface area contributed by atoms with Crippen LogP contribution < -0.4 is 5.32 Å². The molecular formula is C14H21NO2. The molecule has 1 unspecified atom stereocenters. The van der Waals surface area contributed by atoms with Gasteiger partial charge in [0.2, 0.25) is 5.91 Å². The summed E-state index contributed by atoms with van der Waals surface area (Å²) in [6.45, 7) is 7.74. The van der Waals surface area contributed by atoms with Crippen LogP contribution in [-0.2, 0) is 9.59 Å². The minimum atomic E-state index is -0.256. The fraction of sp³-hybridized carbons (Fsp3) is 0.571. The average Bonchev–Trinajstić information content (AvgIpc) is 2.30. The maximum absolute atomic E-state index is 11.8. The van der Waals surface area contributed by atoms with Crippen molar-refractivity contribution in [2.75, 3.05) is 0 Å². The molecule has 0 spiro atoms. The third-order valence-electron chi connectivity index (χ3n) is 3.28. The van der Waals surface area contributed by atoms with Gasteiger partial charge < -0.3 is 0 Å². The molecule has 0 bridgehead atoms. The van der Waals surface area contributed by atoms with Crippen LogP contribution in [0.4, 0.5) is 0 Å². The fourth-order valence-electron chi connectivity index (χ4n) is 1.87. The maximum Gasteiger partial charge on any atom is 0.253 e. The van der Waals surface area contributed by atoms with Gasteiger partial charge in [0.05, 0.1) is 0 Å². The van der Waals surface area contributed by atoms with Crippen LogP contribution in [-0.4, -0.2) is 11.8 Å². The molecule has 0 radical (unpaired) electrons. The normalized spacial score (nSPS) is 21.3. The standard InChI is InChI=1S/C14H21NO2/c1-4-10(2)8-9-12-7-5-6-11(3)13(16)15-14(12)17/h6,12H,2,4-5,7-9H2,1,3H3,(H,15,16,17). The first-order valence-corrected chi connectivity index (χ1v) is 6.23. The van der Waals surface area contributed by atoms with Gasteiger partial charge in [-0.05, 0) is 39.0 Å². The summed E-state index contributed by atoms with van der Waals surface area (Å²) in [5.74, 6) is -0.452. The van der Waals surface area contributed by atoms with E-state index < -0.39 is 0 Å². The molecule has 0 aliphatic carbocycles. The molecule has 0 aromatic rings.